The van der Waals surface area contributed by atoms with Crippen molar-refractivity contribution in [1.82, 2.24) is 0 Å². The van der Waals surface area contributed by atoms with Crippen LogP contribution in [-0.2, 0) is 5.60 Å². The molecule has 1 aliphatic rings. The molecule has 1 heterocycles. The second-order valence-electron chi connectivity index (χ2n) is 4.41. The van der Waals surface area contributed by atoms with Crippen molar-refractivity contribution in [1.29, 1.82) is 0 Å². The summed E-state index contributed by atoms with van der Waals surface area (Å²) in [6.45, 7) is 2.20. The normalized spacial score (nSPS) is 33.1. The fourth-order valence-electron chi connectivity index (χ4n) is 2.50. The van der Waals surface area contributed by atoms with Crippen molar-refractivity contribution < 1.29 is 9.52 Å². The summed E-state index contributed by atoms with van der Waals surface area (Å²) in [5.74, 6) is 0.670. The van der Waals surface area contributed by atoms with Crippen LogP contribution in [0.1, 0.15) is 44.6 Å². The fourth-order valence-corrected chi connectivity index (χ4v) is 2.50. The molecule has 0 amide bonds. The largest absolute Gasteiger partial charge is 0.472 e. The first-order valence-electron chi connectivity index (χ1n) is 5.49. The summed E-state index contributed by atoms with van der Waals surface area (Å²) in [5.41, 5.74) is 0.335. The first-order valence-corrected chi connectivity index (χ1v) is 5.49. The van der Waals surface area contributed by atoms with Gasteiger partial charge in [-0.2, -0.15) is 0 Å². The molecule has 1 N–H and O–H groups in total. The maximum Gasteiger partial charge on any atom is 0.0963 e. The zero-order valence-corrected chi connectivity index (χ0v) is 8.70. The molecular formula is C12H18O2. The minimum atomic E-state index is -0.619. The molecule has 2 unspecified atom stereocenters. The Labute approximate surface area is 84.9 Å². The van der Waals surface area contributed by atoms with E-state index in [1.807, 2.05) is 6.07 Å². The van der Waals surface area contributed by atoms with Gasteiger partial charge in [0.1, 0.15) is 0 Å². The van der Waals surface area contributed by atoms with Gasteiger partial charge >= 0.3 is 0 Å². The Morgan fingerprint density at radius 2 is 2.50 bits per heavy atom. The zero-order chi connectivity index (χ0) is 10.0. The molecule has 0 aromatic carbocycles. The van der Waals surface area contributed by atoms with E-state index in [1.165, 1.54) is 12.8 Å². The highest BCUT2D eigenvalue weighted by atomic mass is 16.3. The minimum Gasteiger partial charge on any atom is -0.472 e. The van der Waals surface area contributed by atoms with Crippen LogP contribution in [0.15, 0.2) is 23.0 Å². The van der Waals surface area contributed by atoms with Gasteiger partial charge in [0.05, 0.1) is 18.1 Å². The lowest BCUT2D eigenvalue weighted by molar-refractivity contribution is -0.0221. The SMILES string of the molecule is CCC1CCCC(O)(c2ccoc2)C1. The van der Waals surface area contributed by atoms with E-state index in [1.54, 1.807) is 12.5 Å². The molecule has 2 atom stereocenters. The highest BCUT2D eigenvalue weighted by Gasteiger charge is 2.35. The number of hydrogen-bond acceptors (Lipinski definition) is 2. The second-order valence-corrected chi connectivity index (χ2v) is 4.41. The van der Waals surface area contributed by atoms with Gasteiger partial charge in [0.15, 0.2) is 0 Å². The molecule has 2 rings (SSSR count). The summed E-state index contributed by atoms with van der Waals surface area (Å²) in [7, 11) is 0. The number of hydrogen-bond donors (Lipinski definition) is 1. The van der Waals surface area contributed by atoms with Gasteiger partial charge in [-0.05, 0) is 31.2 Å². The van der Waals surface area contributed by atoms with Crippen LogP contribution in [-0.4, -0.2) is 5.11 Å². The summed E-state index contributed by atoms with van der Waals surface area (Å²) < 4.78 is 5.04. The maximum atomic E-state index is 10.5. The van der Waals surface area contributed by atoms with Gasteiger partial charge in [0.25, 0.3) is 0 Å². The molecule has 2 heteroatoms. The third kappa shape index (κ3) is 1.71. The first-order chi connectivity index (χ1) is 6.74. The van der Waals surface area contributed by atoms with E-state index in [2.05, 4.69) is 6.92 Å². The second kappa shape index (κ2) is 3.77. The number of aliphatic hydroxyl groups is 1. The Balaban J connectivity index is 2.15. The van der Waals surface area contributed by atoms with E-state index in [-0.39, 0.29) is 0 Å². The van der Waals surface area contributed by atoms with Crippen molar-refractivity contribution in [3.63, 3.8) is 0 Å². The topological polar surface area (TPSA) is 33.4 Å². The molecule has 0 saturated heterocycles. The summed E-state index contributed by atoms with van der Waals surface area (Å²) in [6.07, 6.45) is 8.64. The average molecular weight is 194 g/mol. The maximum absolute atomic E-state index is 10.5. The minimum absolute atomic E-state index is 0.619. The Hall–Kier alpha value is -0.760. The molecule has 78 valence electrons. The van der Waals surface area contributed by atoms with Crippen LogP contribution in [0.25, 0.3) is 0 Å². The fraction of sp³-hybridized carbons (Fsp3) is 0.667. The molecule has 1 fully saturated rings. The van der Waals surface area contributed by atoms with Crippen molar-refractivity contribution in [2.75, 3.05) is 0 Å². The third-order valence-corrected chi connectivity index (χ3v) is 3.46. The standard InChI is InChI=1S/C12H18O2/c1-2-10-4-3-6-12(13,8-10)11-5-7-14-9-11/h5,7,9-10,13H,2-4,6,8H2,1H3. The van der Waals surface area contributed by atoms with E-state index in [0.29, 0.717) is 5.92 Å². The monoisotopic (exact) mass is 194 g/mol. The predicted molar refractivity (Wildman–Crippen MR) is 54.9 cm³/mol. The van der Waals surface area contributed by atoms with Crippen LogP contribution in [0.2, 0.25) is 0 Å². The van der Waals surface area contributed by atoms with Crippen LogP contribution in [0, 0.1) is 5.92 Å². The van der Waals surface area contributed by atoms with Crippen molar-refractivity contribution in [2.45, 2.75) is 44.6 Å². The first kappa shape index (κ1) is 9.78. The van der Waals surface area contributed by atoms with Crippen LogP contribution in [0.3, 0.4) is 0 Å². The van der Waals surface area contributed by atoms with Crippen molar-refractivity contribution in [2.24, 2.45) is 5.92 Å². The summed E-state index contributed by atoms with van der Waals surface area (Å²) in [5, 5.41) is 10.5. The van der Waals surface area contributed by atoms with Crippen LogP contribution < -0.4 is 0 Å². The zero-order valence-electron chi connectivity index (χ0n) is 8.70. The molecule has 0 radical (unpaired) electrons. The lowest BCUT2D eigenvalue weighted by Gasteiger charge is -2.35. The quantitative estimate of drug-likeness (QED) is 0.785. The lowest BCUT2D eigenvalue weighted by atomic mass is 9.74. The highest BCUT2D eigenvalue weighted by Crippen LogP contribution is 2.40. The Kier molecular flexibility index (Phi) is 2.64. The van der Waals surface area contributed by atoms with Gasteiger partial charge in [-0.25, -0.2) is 0 Å². The van der Waals surface area contributed by atoms with Gasteiger partial charge in [0.2, 0.25) is 0 Å². The molecule has 0 bridgehead atoms. The highest BCUT2D eigenvalue weighted by molar-refractivity contribution is 5.17. The predicted octanol–water partition coefficient (Wildman–Crippen LogP) is 3.07. The van der Waals surface area contributed by atoms with Crippen molar-refractivity contribution in [3.8, 4) is 0 Å². The molecule has 14 heavy (non-hydrogen) atoms. The van der Waals surface area contributed by atoms with Gasteiger partial charge < -0.3 is 9.52 Å². The van der Waals surface area contributed by atoms with E-state index < -0.39 is 5.60 Å². The van der Waals surface area contributed by atoms with Crippen molar-refractivity contribution >= 4 is 0 Å². The molecule has 0 spiro atoms. The van der Waals surface area contributed by atoms with Gasteiger partial charge in [-0.1, -0.05) is 19.8 Å². The molecule has 0 aliphatic heterocycles. The molecule has 1 saturated carbocycles. The Bertz CT molecular complexity index is 279. The summed E-state index contributed by atoms with van der Waals surface area (Å²) in [6, 6.07) is 1.89. The van der Waals surface area contributed by atoms with E-state index in [0.717, 1.165) is 24.8 Å². The van der Waals surface area contributed by atoms with Crippen LogP contribution in [0.4, 0.5) is 0 Å². The number of furan rings is 1. The molecule has 1 aromatic heterocycles. The van der Waals surface area contributed by atoms with Crippen molar-refractivity contribution in [3.05, 3.63) is 24.2 Å². The van der Waals surface area contributed by atoms with Gasteiger partial charge in [0, 0.05) is 5.56 Å². The van der Waals surface area contributed by atoms with Crippen LogP contribution in [0.5, 0.6) is 0 Å². The summed E-state index contributed by atoms with van der Waals surface area (Å²) >= 11 is 0. The Morgan fingerprint density at radius 1 is 1.64 bits per heavy atom. The van der Waals surface area contributed by atoms with Gasteiger partial charge in [-0.3, -0.25) is 0 Å². The van der Waals surface area contributed by atoms with Gasteiger partial charge in [-0.15, -0.1) is 0 Å². The number of rotatable bonds is 2. The molecular weight excluding hydrogens is 176 g/mol. The molecule has 1 aliphatic carbocycles. The average Bonchev–Trinajstić information content (AvgIpc) is 2.71. The molecule has 1 aromatic rings. The van der Waals surface area contributed by atoms with E-state index in [4.69, 9.17) is 4.42 Å². The lowest BCUT2D eigenvalue weighted by Crippen LogP contribution is -2.32. The Morgan fingerprint density at radius 3 is 3.14 bits per heavy atom. The summed E-state index contributed by atoms with van der Waals surface area (Å²) in [4.78, 5) is 0. The smallest absolute Gasteiger partial charge is 0.0963 e. The van der Waals surface area contributed by atoms with E-state index >= 15 is 0 Å². The van der Waals surface area contributed by atoms with E-state index in [9.17, 15) is 5.11 Å². The van der Waals surface area contributed by atoms with Crippen LogP contribution >= 0.6 is 0 Å². The molecule has 2 nitrogen and oxygen atoms in total. The third-order valence-electron chi connectivity index (χ3n) is 3.46.